The lowest BCUT2D eigenvalue weighted by atomic mass is 9.97. The van der Waals surface area contributed by atoms with E-state index in [1.165, 1.54) is 6.42 Å². The Morgan fingerprint density at radius 1 is 1.39 bits per heavy atom. The molecule has 1 aliphatic heterocycles. The second kappa shape index (κ2) is 4.84. The van der Waals surface area contributed by atoms with Crippen molar-refractivity contribution >= 4 is 17.4 Å². The van der Waals surface area contributed by atoms with Crippen molar-refractivity contribution in [3.05, 3.63) is 17.8 Å². The van der Waals surface area contributed by atoms with Gasteiger partial charge in [0, 0.05) is 12.1 Å². The molecule has 1 aromatic heterocycles. The van der Waals surface area contributed by atoms with E-state index < -0.39 is 5.91 Å². The zero-order valence-electron chi connectivity index (χ0n) is 10.9. The molecular formula is C13H20N4O. The van der Waals surface area contributed by atoms with Crippen LogP contribution in [0.25, 0.3) is 0 Å². The Morgan fingerprint density at radius 2 is 2.00 bits per heavy atom. The number of pyridine rings is 1. The molecule has 1 amide bonds. The summed E-state index contributed by atoms with van der Waals surface area (Å²) in [6.07, 6.45) is 5.00. The monoisotopic (exact) mass is 248 g/mol. The predicted molar refractivity (Wildman–Crippen MR) is 72.4 cm³/mol. The summed E-state index contributed by atoms with van der Waals surface area (Å²) >= 11 is 0. The molecule has 98 valence electrons. The molecule has 0 unspecified atom stereocenters. The molecular weight excluding hydrogens is 228 g/mol. The molecule has 2 rings (SSSR count). The Hall–Kier alpha value is -1.78. The number of hydrogen-bond acceptors (Lipinski definition) is 4. The average molecular weight is 248 g/mol. The average Bonchev–Trinajstić information content (AvgIpc) is 2.30. The standard InChI is InChI=1S/C13H20N4O/c1-8-4-3-5-9(2)17(8)13-11(12(15)18)6-10(14)7-16-13/h6-9H,3-5,14H2,1-2H3,(H2,15,18)/t8-,9+. The number of aromatic nitrogens is 1. The lowest BCUT2D eigenvalue weighted by molar-refractivity contribution is 0.1000. The summed E-state index contributed by atoms with van der Waals surface area (Å²) < 4.78 is 0. The number of piperidine rings is 1. The molecule has 1 aromatic rings. The van der Waals surface area contributed by atoms with E-state index in [1.54, 1.807) is 12.3 Å². The van der Waals surface area contributed by atoms with Crippen molar-refractivity contribution in [1.82, 2.24) is 4.98 Å². The molecule has 0 bridgehead atoms. The summed E-state index contributed by atoms with van der Waals surface area (Å²) in [5.41, 5.74) is 12.0. The Labute approximate surface area is 107 Å². The van der Waals surface area contributed by atoms with Gasteiger partial charge in [0.05, 0.1) is 17.4 Å². The highest BCUT2D eigenvalue weighted by Gasteiger charge is 2.28. The zero-order chi connectivity index (χ0) is 13.3. The number of anilines is 2. The van der Waals surface area contributed by atoms with Crippen molar-refractivity contribution in [3.63, 3.8) is 0 Å². The molecule has 1 aliphatic rings. The van der Waals surface area contributed by atoms with Crippen LogP contribution in [0.3, 0.4) is 0 Å². The van der Waals surface area contributed by atoms with Gasteiger partial charge in [-0.3, -0.25) is 4.79 Å². The van der Waals surface area contributed by atoms with Gasteiger partial charge in [0.1, 0.15) is 5.82 Å². The molecule has 5 heteroatoms. The number of amides is 1. The van der Waals surface area contributed by atoms with Gasteiger partial charge in [-0.1, -0.05) is 0 Å². The minimum absolute atomic E-state index is 0.364. The van der Waals surface area contributed by atoms with Crippen molar-refractivity contribution in [1.29, 1.82) is 0 Å². The fourth-order valence-corrected chi connectivity index (χ4v) is 2.70. The smallest absolute Gasteiger partial charge is 0.252 e. The maximum atomic E-state index is 11.5. The summed E-state index contributed by atoms with van der Waals surface area (Å²) in [5, 5.41) is 0. The van der Waals surface area contributed by atoms with E-state index in [1.807, 2.05) is 0 Å². The van der Waals surface area contributed by atoms with Gasteiger partial charge in [-0.05, 0) is 39.2 Å². The van der Waals surface area contributed by atoms with Gasteiger partial charge in [-0.2, -0.15) is 0 Å². The number of hydrogen-bond donors (Lipinski definition) is 2. The Morgan fingerprint density at radius 3 is 2.56 bits per heavy atom. The second-order valence-electron chi connectivity index (χ2n) is 5.04. The van der Waals surface area contributed by atoms with Crippen molar-refractivity contribution < 1.29 is 4.79 Å². The van der Waals surface area contributed by atoms with Crippen LogP contribution in [-0.4, -0.2) is 23.0 Å². The Kier molecular flexibility index (Phi) is 3.41. The normalized spacial score (nSPS) is 24.0. The summed E-state index contributed by atoms with van der Waals surface area (Å²) in [4.78, 5) is 18.0. The number of carbonyl (C=O) groups excluding carboxylic acids is 1. The molecule has 0 aromatic carbocycles. The van der Waals surface area contributed by atoms with Crippen LogP contribution in [0.5, 0.6) is 0 Å². The lowest BCUT2D eigenvalue weighted by Gasteiger charge is -2.40. The van der Waals surface area contributed by atoms with Crippen molar-refractivity contribution in [2.24, 2.45) is 5.73 Å². The minimum atomic E-state index is -0.477. The highest BCUT2D eigenvalue weighted by Crippen LogP contribution is 2.30. The van der Waals surface area contributed by atoms with Gasteiger partial charge >= 0.3 is 0 Å². The zero-order valence-corrected chi connectivity index (χ0v) is 10.9. The molecule has 2 heterocycles. The fourth-order valence-electron chi connectivity index (χ4n) is 2.70. The van der Waals surface area contributed by atoms with Crippen LogP contribution < -0.4 is 16.4 Å². The van der Waals surface area contributed by atoms with Gasteiger partial charge in [-0.15, -0.1) is 0 Å². The van der Waals surface area contributed by atoms with Gasteiger partial charge in [0.25, 0.3) is 5.91 Å². The van der Waals surface area contributed by atoms with Crippen LogP contribution in [0.2, 0.25) is 0 Å². The maximum absolute atomic E-state index is 11.5. The summed E-state index contributed by atoms with van der Waals surface area (Å²) in [5.74, 6) is 0.186. The SMILES string of the molecule is C[C@@H]1CCC[C@H](C)N1c1ncc(N)cc1C(N)=O. The molecule has 0 aliphatic carbocycles. The van der Waals surface area contributed by atoms with Crippen molar-refractivity contribution in [3.8, 4) is 0 Å². The van der Waals surface area contributed by atoms with E-state index >= 15 is 0 Å². The molecule has 4 N–H and O–H groups in total. The Balaban J connectivity index is 2.45. The van der Waals surface area contributed by atoms with E-state index in [9.17, 15) is 4.79 Å². The molecule has 0 spiro atoms. The molecule has 1 saturated heterocycles. The number of nitrogens with two attached hydrogens (primary N) is 2. The molecule has 1 fully saturated rings. The maximum Gasteiger partial charge on any atom is 0.252 e. The molecule has 5 nitrogen and oxygen atoms in total. The van der Waals surface area contributed by atoms with Crippen LogP contribution in [-0.2, 0) is 0 Å². The van der Waals surface area contributed by atoms with Crippen LogP contribution in [0.1, 0.15) is 43.5 Å². The molecule has 2 atom stereocenters. The van der Waals surface area contributed by atoms with Gasteiger partial charge in [-0.25, -0.2) is 4.98 Å². The third-order valence-electron chi connectivity index (χ3n) is 3.59. The van der Waals surface area contributed by atoms with Crippen LogP contribution in [0, 0.1) is 0 Å². The first-order chi connectivity index (χ1) is 8.50. The van der Waals surface area contributed by atoms with Crippen molar-refractivity contribution in [2.45, 2.75) is 45.2 Å². The van der Waals surface area contributed by atoms with Gasteiger partial charge in [0.15, 0.2) is 0 Å². The number of carbonyl (C=O) groups is 1. The first-order valence-corrected chi connectivity index (χ1v) is 6.34. The topological polar surface area (TPSA) is 85.2 Å². The third-order valence-corrected chi connectivity index (χ3v) is 3.59. The van der Waals surface area contributed by atoms with Gasteiger partial charge < -0.3 is 16.4 Å². The summed E-state index contributed by atoms with van der Waals surface area (Å²) in [6, 6.07) is 2.34. The van der Waals surface area contributed by atoms with E-state index in [2.05, 4.69) is 23.7 Å². The first-order valence-electron chi connectivity index (χ1n) is 6.34. The molecule has 0 radical (unpaired) electrons. The number of primary amides is 1. The third kappa shape index (κ3) is 2.25. The first kappa shape index (κ1) is 12.7. The van der Waals surface area contributed by atoms with E-state index in [0.29, 0.717) is 29.2 Å². The summed E-state index contributed by atoms with van der Waals surface area (Å²) in [6.45, 7) is 4.30. The number of nitrogen functional groups attached to an aromatic ring is 1. The second-order valence-corrected chi connectivity index (χ2v) is 5.04. The van der Waals surface area contributed by atoms with Gasteiger partial charge in [0.2, 0.25) is 0 Å². The predicted octanol–water partition coefficient (Wildman–Crippen LogP) is 1.53. The largest absolute Gasteiger partial charge is 0.397 e. The van der Waals surface area contributed by atoms with E-state index in [-0.39, 0.29) is 0 Å². The molecule has 18 heavy (non-hydrogen) atoms. The minimum Gasteiger partial charge on any atom is -0.397 e. The van der Waals surface area contributed by atoms with E-state index in [0.717, 1.165) is 12.8 Å². The van der Waals surface area contributed by atoms with Crippen LogP contribution >= 0.6 is 0 Å². The number of nitrogens with zero attached hydrogens (tertiary/aromatic N) is 2. The highest BCUT2D eigenvalue weighted by atomic mass is 16.1. The number of rotatable bonds is 2. The van der Waals surface area contributed by atoms with Crippen LogP contribution in [0.4, 0.5) is 11.5 Å². The fraction of sp³-hybridized carbons (Fsp3) is 0.538. The quantitative estimate of drug-likeness (QED) is 0.831. The van der Waals surface area contributed by atoms with Crippen LogP contribution in [0.15, 0.2) is 12.3 Å². The lowest BCUT2D eigenvalue weighted by Crippen LogP contribution is -2.45. The molecule has 0 saturated carbocycles. The highest BCUT2D eigenvalue weighted by molar-refractivity contribution is 5.98. The van der Waals surface area contributed by atoms with E-state index in [4.69, 9.17) is 11.5 Å². The van der Waals surface area contributed by atoms with Crippen molar-refractivity contribution in [2.75, 3.05) is 10.6 Å². The summed E-state index contributed by atoms with van der Waals surface area (Å²) in [7, 11) is 0. The Bertz CT molecular complexity index is 450.